The van der Waals surface area contributed by atoms with Gasteiger partial charge in [-0.3, -0.25) is 0 Å². The van der Waals surface area contributed by atoms with Gasteiger partial charge in [-0.05, 0) is 72.9 Å². The highest BCUT2D eigenvalue weighted by Gasteiger charge is 2.45. The predicted octanol–water partition coefficient (Wildman–Crippen LogP) is 2.27. The van der Waals surface area contributed by atoms with Crippen molar-refractivity contribution in [1.82, 2.24) is 15.5 Å². The number of hydrogen-bond acceptors (Lipinski definition) is 5. The average Bonchev–Trinajstić information content (AvgIpc) is 2.97. The Balaban J connectivity index is 1.53. The molecule has 0 aromatic rings. The van der Waals surface area contributed by atoms with Gasteiger partial charge in [0.05, 0.1) is 18.2 Å². The maximum absolute atomic E-state index is 12.1. The lowest BCUT2D eigenvalue weighted by Gasteiger charge is -2.48. The average molecular weight is 354 g/mol. The fourth-order valence-corrected chi connectivity index (χ4v) is 4.47. The molecule has 3 aliphatic rings. The van der Waals surface area contributed by atoms with E-state index in [0.717, 1.165) is 12.5 Å². The van der Waals surface area contributed by atoms with Gasteiger partial charge in [-0.15, -0.1) is 0 Å². The lowest BCUT2D eigenvalue weighted by atomic mass is 9.81. The van der Waals surface area contributed by atoms with Crippen molar-refractivity contribution in [1.29, 1.82) is 0 Å². The third kappa shape index (κ3) is 4.86. The van der Waals surface area contributed by atoms with E-state index >= 15 is 0 Å². The highest BCUT2D eigenvalue weighted by atomic mass is 16.6. The number of nitrogens with zero attached hydrogens (tertiary/aromatic N) is 1. The predicted molar refractivity (Wildman–Crippen MR) is 97.7 cm³/mol. The summed E-state index contributed by atoms with van der Waals surface area (Å²) in [6.07, 6.45) is 5.78. The molecule has 2 aliphatic heterocycles. The Labute approximate surface area is 152 Å². The molecular weight excluding hydrogens is 318 g/mol. The molecule has 0 radical (unpaired) electrons. The molecule has 3 rings (SSSR count). The molecule has 2 heterocycles. The van der Waals surface area contributed by atoms with Crippen molar-refractivity contribution < 1.29 is 14.3 Å². The first-order chi connectivity index (χ1) is 11.9. The second-order valence-electron chi connectivity index (χ2n) is 8.73. The molecule has 1 saturated carbocycles. The molecule has 2 saturated heterocycles. The lowest BCUT2D eigenvalue weighted by Crippen LogP contribution is -2.68. The van der Waals surface area contributed by atoms with Crippen molar-refractivity contribution in [2.24, 2.45) is 0 Å². The van der Waals surface area contributed by atoms with Gasteiger partial charge in [-0.1, -0.05) is 0 Å². The minimum absolute atomic E-state index is 0.0907. The van der Waals surface area contributed by atoms with Gasteiger partial charge in [0.2, 0.25) is 0 Å². The van der Waals surface area contributed by atoms with Gasteiger partial charge in [0.1, 0.15) is 5.60 Å². The van der Waals surface area contributed by atoms with Crippen molar-refractivity contribution in [3.8, 4) is 0 Å². The van der Waals surface area contributed by atoms with E-state index in [4.69, 9.17) is 9.47 Å². The van der Waals surface area contributed by atoms with Crippen LogP contribution in [0.25, 0.3) is 0 Å². The van der Waals surface area contributed by atoms with Crippen LogP contribution in [0.3, 0.4) is 0 Å². The number of alkyl carbamates (subject to hydrolysis) is 1. The normalized spacial score (nSPS) is 35.8. The molecule has 6 nitrogen and oxygen atoms in total. The molecule has 1 amide bonds. The van der Waals surface area contributed by atoms with Gasteiger partial charge < -0.3 is 25.0 Å². The van der Waals surface area contributed by atoms with E-state index in [1.54, 1.807) is 0 Å². The number of carbonyl (C=O) groups is 1. The van der Waals surface area contributed by atoms with E-state index in [-0.39, 0.29) is 24.3 Å². The maximum atomic E-state index is 12.1. The lowest BCUT2D eigenvalue weighted by molar-refractivity contribution is -0.0494. The second kappa shape index (κ2) is 7.80. The van der Waals surface area contributed by atoms with Crippen molar-refractivity contribution in [2.45, 2.75) is 95.7 Å². The molecule has 1 aliphatic carbocycles. The first-order valence-corrected chi connectivity index (χ1v) is 9.97. The first-order valence-electron chi connectivity index (χ1n) is 9.97. The van der Waals surface area contributed by atoms with Gasteiger partial charge in [-0.2, -0.15) is 0 Å². The monoisotopic (exact) mass is 353 g/mol. The van der Waals surface area contributed by atoms with E-state index in [9.17, 15) is 4.79 Å². The molecule has 5 atom stereocenters. The van der Waals surface area contributed by atoms with Crippen LogP contribution in [0.2, 0.25) is 0 Å². The number of piperidine rings is 1. The molecule has 0 bridgehead atoms. The van der Waals surface area contributed by atoms with Crippen LogP contribution in [-0.2, 0) is 9.47 Å². The molecule has 5 unspecified atom stereocenters. The number of fused-ring (bicyclic) bond motifs is 1. The first kappa shape index (κ1) is 18.9. The summed E-state index contributed by atoms with van der Waals surface area (Å²) in [5.41, 5.74) is -0.467. The number of ether oxygens (including phenoxy) is 2. The van der Waals surface area contributed by atoms with E-state index < -0.39 is 5.60 Å². The van der Waals surface area contributed by atoms with Gasteiger partial charge in [0.25, 0.3) is 0 Å². The topological polar surface area (TPSA) is 62.8 Å². The molecule has 0 aromatic carbocycles. The van der Waals surface area contributed by atoms with Crippen LogP contribution in [0.5, 0.6) is 0 Å². The number of hydrogen-bond donors (Lipinski definition) is 2. The highest BCUT2D eigenvalue weighted by Crippen LogP contribution is 2.30. The van der Waals surface area contributed by atoms with Crippen molar-refractivity contribution in [3.63, 3.8) is 0 Å². The molecule has 2 N–H and O–H groups in total. The van der Waals surface area contributed by atoms with Crippen LogP contribution in [-0.4, -0.2) is 66.6 Å². The summed E-state index contributed by atoms with van der Waals surface area (Å²) in [6.45, 7) is 10.9. The summed E-state index contributed by atoms with van der Waals surface area (Å²) in [7, 11) is 0. The minimum Gasteiger partial charge on any atom is -0.444 e. The highest BCUT2D eigenvalue weighted by molar-refractivity contribution is 5.68. The number of amides is 1. The van der Waals surface area contributed by atoms with Gasteiger partial charge in [0, 0.05) is 18.7 Å². The fourth-order valence-electron chi connectivity index (χ4n) is 4.47. The minimum atomic E-state index is -0.467. The zero-order chi connectivity index (χ0) is 18.0. The van der Waals surface area contributed by atoms with Crippen LogP contribution in [0.15, 0.2) is 0 Å². The zero-order valence-electron chi connectivity index (χ0n) is 16.2. The zero-order valence-corrected chi connectivity index (χ0v) is 16.2. The summed E-state index contributed by atoms with van der Waals surface area (Å²) >= 11 is 0. The van der Waals surface area contributed by atoms with Crippen LogP contribution in [0.1, 0.15) is 59.8 Å². The van der Waals surface area contributed by atoms with E-state index in [1.807, 2.05) is 27.7 Å². The van der Waals surface area contributed by atoms with Crippen LogP contribution in [0, 0.1) is 0 Å². The number of carbonyl (C=O) groups excluding carboxylic acids is 1. The van der Waals surface area contributed by atoms with Crippen molar-refractivity contribution >= 4 is 6.09 Å². The van der Waals surface area contributed by atoms with E-state index in [1.165, 1.54) is 38.8 Å². The van der Waals surface area contributed by atoms with E-state index in [0.29, 0.717) is 12.6 Å². The summed E-state index contributed by atoms with van der Waals surface area (Å²) in [5, 5.41) is 6.83. The smallest absolute Gasteiger partial charge is 0.407 e. The Morgan fingerprint density at radius 1 is 1.20 bits per heavy atom. The summed E-state index contributed by atoms with van der Waals surface area (Å²) in [5.74, 6) is 0. The van der Waals surface area contributed by atoms with Gasteiger partial charge in [0.15, 0.2) is 0 Å². The van der Waals surface area contributed by atoms with Crippen molar-refractivity contribution in [3.05, 3.63) is 0 Å². The Kier molecular flexibility index (Phi) is 5.91. The van der Waals surface area contributed by atoms with Crippen LogP contribution >= 0.6 is 0 Å². The van der Waals surface area contributed by atoms with Gasteiger partial charge in [-0.25, -0.2) is 4.79 Å². The molecular formula is C19H35N3O3. The quantitative estimate of drug-likeness (QED) is 0.794. The summed E-state index contributed by atoms with van der Waals surface area (Å²) in [6, 6.07) is 1.54. The molecule has 3 fully saturated rings. The Hall–Kier alpha value is -0.850. The SMILES string of the molecule is CCOC1CC(NC(=O)OC(C)(C)C)C1NC1CCN2CCCC2C1. The summed E-state index contributed by atoms with van der Waals surface area (Å²) < 4.78 is 11.3. The molecule has 0 aromatic heterocycles. The van der Waals surface area contributed by atoms with Gasteiger partial charge >= 0.3 is 6.09 Å². The Bertz CT molecular complexity index is 465. The van der Waals surface area contributed by atoms with Crippen LogP contribution < -0.4 is 10.6 Å². The molecule has 144 valence electrons. The van der Waals surface area contributed by atoms with Crippen molar-refractivity contribution in [2.75, 3.05) is 19.7 Å². The molecule has 0 spiro atoms. The Morgan fingerprint density at radius 3 is 2.72 bits per heavy atom. The third-order valence-electron chi connectivity index (χ3n) is 5.65. The number of nitrogens with one attached hydrogen (secondary N) is 2. The summed E-state index contributed by atoms with van der Waals surface area (Å²) in [4.78, 5) is 14.7. The fraction of sp³-hybridized carbons (Fsp3) is 0.947. The third-order valence-corrected chi connectivity index (χ3v) is 5.65. The standard InChI is InChI=1S/C19H35N3O3/c1-5-24-16-12-15(21-18(23)25-19(2,3)4)17(16)20-13-8-10-22-9-6-7-14(22)11-13/h13-17,20H,5-12H2,1-4H3,(H,21,23). The largest absolute Gasteiger partial charge is 0.444 e. The number of rotatable bonds is 5. The Morgan fingerprint density at radius 2 is 2.00 bits per heavy atom. The second-order valence-corrected chi connectivity index (χ2v) is 8.73. The van der Waals surface area contributed by atoms with Crippen LogP contribution in [0.4, 0.5) is 4.79 Å². The molecule has 6 heteroatoms. The maximum Gasteiger partial charge on any atom is 0.407 e. The van der Waals surface area contributed by atoms with E-state index in [2.05, 4.69) is 15.5 Å². The molecule has 25 heavy (non-hydrogen) atoms.